The van der Waals surface area contributed by atoms with Crippen molar-refractivity contribution in [3.05, 3.63) is 66.2 Å². The Morgan fingerprint density at radius 1 is 0.958 bits per heavy atom. The topological polar surface area (TPSA) is 67.4 Å². The number of hydrogen-bond donors (Lipinski definition) is 2. The molecule has 0 aromatic heterocycles. The first-order valence-corrected chi connectivity index (χ1v) is 7.83. The van der Waals surface area contributed by atoms with Gasteiger partial charge in [-0.2, -0.15) is 0 Å². The minimum atomic E-state index is -0.683. The minimum absolute atomic E-state index is 0.262. The SMILES string of the molecule is COC(C)C(=O)NC(Cc1ccccc1)C(=O)Nc1ccccc1. The van der Waals surface area contributed by atoms with E-state index < -0.39 is 12.1 Å². The van der Waals surface area contributed by atoms with Crippen LogP contribution in [0.4, 0.5) is 5.69 Å². The third-order valence-corrected chi connectivity index (χ3v) is 3.68. The number of methoxy groups -OCH3 is 1. The van der Waals surface area contributed by atoms with Gasteiger partial charge in [-0.25, -0.2) is 0 Å². The first-order valence-electron chi connectivity index (χ1n) is 7.83. The lowest BCUT2D eigenvalue weighted by molar-refractivity contribution is -0.133. The van der Waals surface area contributed by atoms with Crippen molar-refractivity contribution in [2.45, 2.75) is 25.5 Å². The van der Waals surface area contributed by atoms with Gasteiger partial charge in [0.05, 0.1) is 0 Å². The number of hydrogen-bond acceptors (Lipinski definition) is 3. The summed E-state index contributed by atoms with van der Waals surface area (Å²) >= 11 is 0. The summed E-state index contributed by atoms with van der Waals surface area (Å²) in [5.74, 6) is -0.580. The Balaban J connectivity index is 2.11. The van der Waals surface area contributed by atoms with Crippen LogP contribution < -0.4 is 10.6 Å². The normalized spacial score (nSPS) is 12.9. The lowest BCUT2D eigenvalue weighted by Gasteiger charge is -2.20. The molecule has 0 saturated carbocycles. The van der Waals surface area contributed by atoms with Gasteiger partial charge < -0.3 is 15.4 Å². The Kier molecular flexibility index (Phi) is 6.51. The van der Waals surface area contributed by atoms with Gasteiger partial charge in [0, 0.05) is 19.2 Å². The van der Waals surface area contributed by atoms with Crippen LogP contribution in [0.3, 0.4) is 0 Å². The van der Waals surface area contributed by atoms with E-state index in [0.29, 0.717) is 12.1 Å². The number of ether oxygens (including phenoxy) is 1. The molecule has 0 bridgehead atoms. The van der Waals surface area contributed by atoms with Gasteiger partial charge in [-0.1, -0.05) is 48.5 Å². The lowest BCUT2D eigenvalue weighted by Crippen LogP contribution is -2.48. The Bertz CT molecular complexity index is 659. The predicted molar refractivity (Wildman–Crippen MR) is 93.6 cm³/mol. The molecule has 2 N–H and O–H groups in total. The van der Waals surface area contributed by atoms with Gasteiger partial charge in [0.15, 0.2) is 0 Å². The highest BCUT2D eigenvalue weighted by Gasteiger charge is 2.23. The van der Waals surface area contributed by atoms with Crippen molar-refractivity contribution in [3.8, 4) is 0 Å². The summed E-state index contributed by atoms with van der Waals surface area (Å²) in [5, 5.41) is 5.59. The van der Waals surface area contributed by atoms with Crippen LogP contribution in [0.15, 0.2) is 60.7 Å². The standard InChI is InChI=1S/C19H22N2O3/c1-14(24-2)18(22)21-17(13-15-9-5-3-6-10-15)19(23)20-16-11-7-4-8-12-16/h3-12,14,17H,13H2,1-2H3,(H,20,23)(H,21,22). The molecule has 0 saturated heterocycles. The van der Waals surface area contributed by atoms with Gasteiger partial charge in [0.2, 0.25) is 11.8 Å². The maximum absolute atomic E-state index is 12.6. The van der Waals surface area contributed by atoms with Gasteiger partial charge in [-0.15, -0.1) is 0 Å². The van der Waals surface area contributed by atoms with Crippen LogP contribution in [-0.2, 0) is 20.7 Å². The van der Waals surface area contributed by atoms with Crippen molar-refractivity contribution < 1.29 is 14.3 Å². The average molecular weight is 326 g/mol. The summed E-state index contributed by atoms with van der Waals surface area (Å²) in [7, 11) is 1.46. The minimum Gasteiger partial charge on any atom is -0.372 e. The number of rotatable bonds is 7. The zero-order chi connectivity index (χ0) is 17.4. The fourth-order valence-corrected chi connectivity index (χ4v) is 2.21. The van der Waals surface area contributed by atoms with Crippen molar-refractivity contribution in [1.29, 1.82) is 0 Å². The largest absolute Gasteiger partial charge is 0.372 e. The summed E-state index contributed by atoms with van der Waals surface area (Å²) < 4.78 is 5.02. The molecule has 5 heteroatoms. The highest BCUT2D eigenvalue weighted by atomic mass is 16.5. The van der Waals surface area contributed by atoms with E-state index in [4.69, 9.17) is 4.74 Å². The molecule has 2 aromatic rings. The molecule has 2 unspecified atom stereocenters. The molecule has 0 heterocycles. The highest BCUT2D eigenvalue weighted by molar-refractivity contribution is 5.97. The third-order valence-electron chi connectivity index (χ3n) is 3.68. The van der Waals surface area contributed by atoms with E-state index in [1.54, 1.807) is 19.1 Å². The van der Waals surface area contributed by atoms with E-state index in [0.717, 1.165) is 5.56 Å². The number of anilines is 1. The highest BCUT2D eigenvalue weighted by Crippen LogP contribution is 2.09. The van der Waals surface area contributed by atoms with Crippen LogP contribution in [-0.4, -0.2) is 31.1 Å². The van der Waals surface area contributed by atoms with Gasteiger partial charge in [-0.3, -0.25) is 9.59 Å². The summed E-state index contributed by atoms with van der Waals surface area (Å²) in [6.07, 6.45) is -0.213. The number of carbonyl (C=O) groups excluding carboxylic acids is 2. The molecule has 126 valence electrons. The lowest BCUT2D eigenvalue weighted by atomic mass is 10.0. The number of nitrogens with one attached hydrogen (secondary N) is 2. The molecule has 2 amide bonds. The second-order valence-electron chi connectivity index (χ2n) is 5.48. The Hall–Kier alpha value is -2.66. The zero-order valence-corrected chi connectivity index (χ0v) is 13.9. The monoisotopic (exact) mass is 326 g/mol. The van der Waals surface area contributed by atoms with Gasteiger partial charge >= 0.3 is 0 Å². The number of amides is 2. The van der Waals surface area contributed by atoms with E-state index in [-0.39, 0.29) is 11.8 Å². The quantitative estimate of drug-likeness (QED) is 0.821. The summed E-state index contributed by atoms with van der Waals surface area (Å²) in [6, 6.07) is 18.0. The molecular weight excluding hydrogens is 304 g/mol. The molecule has 0 radical (unpaired) electrons. The molecule has 24 heavy (non-hydrogen) atoms. The first-order chi connectivity index (χ1) is 11.6. The van der Waals surface area contributed by atoms with Gasteiger partial charge in [0.1, 0.15) is 12.1 Å². The van der Waals surface area contributed by atoms with Crippen molar-refractivity contribution in [2.75, 3.05) is 12.4 Å². The summed E-state index contributed by atoms with van der Waals surface area (Å²) in [5.41, 5.74) is 1.66. The van der Waals surface area contributed by atoms with Gasteiger partial charge in [0.25, 0.3) is 0 Å². The number of carbonyl (C=O) groups is 2. The Labute approximate surface area is 142 Å². The molecule has 2 aromatic carbocycles. The molecular formula is C19H22N2O3. The molecule has 2 atom stereocenters. The fraction of sp³-hybridized carbons (Fsp3) is 0.263. The molecule has 0 spiro atoms. The fourth-order valence-electron chi connectivity index (χ4n) is 2.21. The smallest absolute Gasteiger partial charge is 0.249 e. The van der Waals surface area contributed by atoms with E-state index in [1.165, 1.54) is 7.11 Å². The number of para-hydroxylation sites is 1. The van der Waals surface area contributed by atoms with Crippen molar-refractivity contribution in [3.63, 3.8) is 0 Å². The molecule has 0 aliphatic rings. The molecule has 2 rings (SSSR count). The van der Waals surface area contributed by atoms with Crippen LogP contribution in [0.2, 0.25) is 0 Å². The van der Waals surface area contributed by atoms with Crippen LogP contribution in [0.25, 0.3) is 0 Å². The first kappa shape index (κ1) is 17.7. The van der Waals surface area contributed by atoms with Crippen molar-refractivity contribution in [1.82, 2.24) is 5.32 Å². The molecule has 0 fully saturated rings. The maximum Gasteiger partial charge on any atom is 0.249 e. The van der Waals surface area contributed by atoms with Crippen LogP contribution in [0.1, 0.15) is 12.5 Å². The van der Waals surface area contributed by atoms with Crippen molar-refractivity contribution in [2.24, 2.45) is 0 Å². The maximum atomic E-state index is 12.6. The zero-order valence-electron chi connectivity index (χ0n) is 13.9. The van der Waals surface area contributed by atoms with E-state index >= 15 is 0 Å². The Morgan fingerprint density at radius 3 is 2.12 bits per heavy atom. The average Bonchev–Trinajstić information content (AvgIpc) is 2.62. The van der Waals surface area contributed by atoms with E-state index in [1.807, 2.05) is 48.5 Å². The van der Waals surface area contributed by atoms with Gasteiger partial charge in [-0.05, 0) is 24.6 Å². The molecule has 0 aliphatic carbocycles. The molecule has 0 aliphatic heterocycles. The third kappa shape index (κ3) is 5.21. The summed E-state index contributed by atoms with van der Waals surface area (Å²) in [4.78, 5) is 24.7. The van der Waals surface area contributed by atoms with Crippen molar-refractivity contribution >= 4 is 17.5 Å². The second kappa shape index (κ2) is 8.84. The predicted octanol–water partition coefficient (Wildman–Crippen LogP) is 2.39. The molecule has 5 nitrogen and oxygen atoms in total. The second-order valence-corrected chi connectivity index (χ2v) is 5.48. The van der Waals surface area contributed by atoms with Crippen LogP contribution in [0, 0.1) is 0 Å². The van der Waals surface area contributed by atoms with Crippen LogP contribution in [0.5, 0.6) is 0 Å². The van der Waals surface area contributed by atoms with E-state index in [9.17, 15) is 9.59 Å². The Morgan fingerprint density at radius 2 is 1.54 bits per heavy atom. The van der Waals surface area contributed by atoms with Crippen LogP contribution >= 0.6 is 0 Å². The van der Waals surface area contributed by atoms with E-state index in [2.05, 4.69) is 10.6 Å². The summed E-state index contributed by atoms with van der Waals surface area (Å²) in [6.45, 7) is 1.64. The number of benzene rings is 2.